The highest BCUT2D eigenvalue weighted by molar-refractivity contribution is 5.64. The quantitative estimate of drug-likeness (QED) is 0.874. The Hall–Kier alpha value is -2.30. The topological polar surface area (TPSA) is 47.4 Å². The van der Waals surface area contributed by atoms with Crippen LogP contribution in [-0.2, 0) is 0 Å². The fraction of sp³-hybridized carbons (Fsp3) is 0.444. The number of fused-ring (bicyclic) bond motifs is 1. The molecular formula is C18H23N3O2. The number of aryl methyl sites for hydroxylation is 2. The maximum Gasteiger partial charge on any atom is 0.258 e. The molecule has 0 saturated heterocycles. The average Bonchev–Trinajstić information content (AvgIpc) is 2.49. The van der Waals surface area contributed by atoms with Gasteiger partial charge in [-0.3, -0.25) is 9.36 Å². The van der Waals surface area contributed by atoms with Crippen molar-refractivity contribution in [1.29, 1.82) is 0 Å². The lowest BCUT2D eigenvalue weighted by molar-refractivity contribution is 0.270. The van der Waals surface area contributed by atoms with Crippen LogP contribution in [0.4, 0.5) is 5.69 Å². The van der Waals surface area contributed by atoms with Gasteiger partial charge in [-0.1, -0.05) is 6.92 Å². The number of hydrogen-bond donors (Lipinski definition) is 0. The van der Waals surface area contributed by atoms with Gasteiger partial charge < -0.3 is 9.64 Å². The Bertz CT molecular complexity index is 782. The van der Waals surface area contributed by atoms with E-state index < -0.39 is 0 Å². The summed E-state index contributed by atoms with van der Waals surface area (Å²) in [4.78, 5) is 19.1. The molecule has 122 valence electrons. The first kappa shape index (κ1) is 15.6. The Morgan fingerprint density at radius 1 is 1.30 bits per heavy atom. The highest BCUT2D eigenvalue weighted by Gasteiger charge is 2.24. The Morgan fingerprint density at radius 2 is 2.09 bits per heavy atom. The van der Waals surface area contributed by atoms with E-state index >= 15 is 0 Å². The Morgan fingerprint density at radius 3 is 2.78 bits per heavy atom. The molecule has 2 heterocycles. The smallest absolute Gasteiger partial charge is 0.258 e. The first-order valence-electron chi connectivity index (χ1n) is 8.12. The molecule has 3 rings (SSSR count). The zero-order valence-electron chi connectivity index (χ0n) is 14.2. The van der Waals surface area contributed by atoms with E-state index in [0.717, 1.165) is 35.8 Å². The maximum absolute atomic E-state index is 12.3. The molecule has 0 N–H and O–H groups in total. The van der Waals surface area contributed by atoms with E-state index in [1.54, 1.807) is 10.6 Å². The largest absolute Gasteiger partial charge is 0.489 e. The number of anilines is 1. The second-order valence-electron chi connectivity index (χ2n) is 6.12. The van der Waals surface area contributed by atoms with Crippen LogP contribution in [0.1, 0.15) is 31.8 Å². The van der Waals surface area contributed by atoms with Gasteiger partial charge in [0.2, 0.25) is 0 Å². The summed E-state index contributed by atoms with van der Waals surface area (Å²) in [7, 11) is 0. The normalized spacial score (nSPS) is 16.9. The first-order chi connectivity index (χ1) is 11.0. The minimum Gasteiger partial charge on any atom is -0.489 e. The lowest BCUT2D eigenvalue weighted by Crippen LogP contribution is -2.41. The summed E-state index contributed by atoms with van der Waals surface area (Å²) in [5, 5.41) is 0. The monoisotopic (exact) mass is 313 g/mol. The van der Waals surface area contributed by atoms with Crippen molar-refractivity contribution in [3.63, 3.8) is 0 Å². The van der Waals surface area contributed by atoms with Crippen molar-refractivity contribution < 1.29 is 4.74 Å². The molecule has 1 unspecified atom stereocenters. The second kappa shape index (κ2) is 6.07. The fourth-order valence-electron chi connectivity index (χ4n) is 3.17. The van der Waals surface area contributed by atoms with Gasteiger partial charge in [0.15, 0.2) is 0 Å². The van der Waals surface area contributed by atoms with Gasteiger partial charge in [0, 0.05) is 24.4 Å². The third-order valence-corrected chi connectivity index (χ3v) is 4.20. The van der Waals surface area contributed by atoms with Gasteiger partial charge >= 0.3 is 0 Å². The highest BCUT2D eigenvalue weighted by atomic mass is 16.5. The van der Waals surface area contributed by atoms with Crippen molar-refractivity contribution in [1.82, 2.24) is 9.55 Å². The molecule has 1 aliphatic rings. The predicted octanol–water partition coefficient (Wildman–Crippen LogP) is 2.85. The van der Waals surface area contributed by atoms with Gasteiger partial charge in [0.25, 0.3) is 5.56 Å². The van der Waals surface area contributed by atoms with Crippen LogP contribution in [-0.4, -0.2) is 28.7 Å². The van der Waals surface area contributed by atoms with Crippen molar-refractivity contribution in [2.24, 2.45) is 0 Å². The zero-order chi connectivity index (χ0) is 16.6. The molecule has 0 spiro atoms. The van der Waals surface area contributed by atoms with Crippen LogP contribution in [0.15, 0.2) is 29.1 Å². The molecular weight excluding hydrogens is 290 g/mol. The number of benzene rings is 1. The van der Waals surface area contributed by atoms with Crippen molar-refractivity contribution >= 4 is 5.69 Å². The van der Waals surface area contributed by atoms with E-state index in [-0.39, 0.29) is 5.56 Å². The lowest BCUT2D eigenvalue weighted by Gasteiger charge is -2.37. The van der Waals surface area contributed by atoms with E-state index in [4.69, 9.17) is 4.74 Å². The number of rotatable bonds is 3. The van der Waals surface area contributed by atoms with Gasteiger partial charge in [-0.25, -0.2) is 4.98 Å². The van der Waals surface area contributed by atoms with E-state index in [0.29, 0.717) is 18.5 Å². The molecule has 1 aromatic heterocycles. The number of nitrogens with zero attached hydrogens (tertiary/aromatic N) is 3. The molecule has 1 aliphatic heterocycles. The van der Waals surface area contributed by atoms with Gasteiger partial charge in [0.05, 0.1) is 17.4 Å². The van der Waals surface area contributed by atoms with Crippen LogP contribution in [0.2, 0.25) is 0 Å². The minimum absolute atomic E-state index is 0.0652. The third-order valence-electron chi connectivity index (χ3n) is 4.20. The van der Waals surface area contributed by atoms with Gasteiger partial charge in [-0.05, 0) is 39.3 Å². The molecule has 0 fully saturated rings. The Labute approximate surface area is 136 Å². The summed E-state index contributed by atoms with van der Waals surface area (Å²) in [6, 6.07) is 7.86. The van der Waals surface area contributed by atoms with E-state index in [9.17, 15) is 4.79 Å². The predicted molar refractivity (Wildman–Crippen MR) is 91.9 cm³/mol. The van der Waals surface area contributed by atoms with Crippen LogP contribution in [0, 0.1) is 13.8 Å². The first-order valence-corrected chi connectivity index (χ1v) is 8.12. The molecule has 0 radical (unpaired) electrons. The van der Waals surface area contributed by atoms with E-state index in [1.807, 2.05) is 32.0 Å². The zero-order valence-corrected chi connectivity index (χ0v) is 14.2. The molecule has 1 aromatic carbocycles. The minimum atomic E-state index is -0.0652. The molecule has 0 aliphatic carbocycles. The fourth-order valence-corrected chi connectivity index (χ4v) is 3.17. The number of hydrogen-bond acceptors (Lipinski definition) is 4. The van der Waals surface area contributed by atoms with Crippen LogP contribution < -0.4 is 15.2 Å². The summed E-state index contributed by atoms with van der Waals surface area (Å²) >= 11 is 0. The number of aromatic nitrogens is 2. The lowest BCUT2D eigenvalue weighted by atomic mass is 10.1. The summed E-state index contributed by atoms with van der Waals surface area (Å²) < 4.78 is 7.52. The van der Waals surface area contributed by atoms with Crippen LogP contribution in [0.5, 0.6) is 5.75 Å². The van der Waals surface area contributed by atoms with E-state index in [2.05, 4.69) is 23.7 Å². The SMILES string of the molecule is CCCN1c2ccc(-n3c(C)nc(C)cc3=O)cc2OCC1C. The molecule has 0 amide bonds. The van der Waals surface area contributed by atoms with Gasteiger partial charge in [-0.2, -0.15) is 0 Å². The van der Waals surface area contributed by atoms with Crippen molar-refractivity contribution in [3.8, 4) is 11.4 Å². The molecule has 23 heavy (non-hydrogen) atoms. The Kier molecular flexibility index (Phi) is 4.11. The van der Waals surface area contributed by atoms with Crippen molar-refractivity contribution in [3.05, 3.63) is 46.1 Å². The molecule has 0 saturated carbocycles. The average molecular weight is 313 g/mol. The van der Waals surface area contributed by atoms with Crippen LogP contribution in [0.25, 0.3) is 5.69 Å². The standard InChI is InChI=1S/C18H23N3O2/c1-5-8-20-13(3)11-23-17-10-15(6-7-16(17)20)21-14(4)19-12(2)9-18(21)22/h6-7,9-10,13H,5,8,11H2,1-4H3. The molecule has 5 nitrogen and oxygen atoms in total. The second-order valence-corrected chi connectivity index (χ2v) is 6.12. The number of ether oxygens (including phenoxy) is 1. The van der Waals surface area contributed by atoms with Crippen molar-refractivity contribution in [2.45, 2.75) is 40.2 Å². The molecule has 2 aromatic rings. The van der Waals surface area contributed by atoms with Crippen LogP contribution in [0.3, 0.4) is 0 Å². The van der Waals surface area contributed by atoms with Crippen LogP contribution >= 0.6 is 0 Å². The summed E-state index contributed by atoms with van der Waals surface area (Å²) in [6.07, 6.45) is 1.09. The van der Waals surface area contributed by atoms with E-state index in [1.165, 1.54) is 0 Å². The summed E-state index contributed by atoms with van der Waals surface area (Å²) in [6.45, 7) is 9.69. The molecule has 0 bridgehead atoms. The molecule has 1 atom stereocenters. The van der Waals surface area contributed by atoms with Gasteiger partial charge in [-0.15, -0.1) is 0 Å². The summed E-state index contributed by atoms with van der Waals surface area (Å²) in [5.41, 5.74) is 2.57. The molecule has 5 heteroatoms. The Balaban J connectivity index is 2.07. The highest BCUT2D eigenvalue weighted by Crippen LogP contribution is 2.35. The van der Waals surface area contributed by atoms with Crippen molar-refractivity contribution in [2.75, 3.05) is 18.1 Å². The maximum atomic E-state index is 12.3. The third kappa shape index (κ3) is 2.83. The van der Waals surface area contributed by atoms with Gasteiger partial charge in [0.1, 0.15) is 18.2 Å². The summed E-state index contributed by atoms with van der Waals surface area (Å²) in [5.74, 6) is 1.52.